The molecule has 0 radical (unpaired) electrons. The summed E-state index contributed by atoms with van der Waals surface area (Å²) in [6.07, 6.45) is 15.1. The van der Waals surface area contributed by atoms with Gasteiger partial charge in [0.15, 0.2) is 0 Å². The zero-order valence-electron chi connectivity index (χ0n) is 21.1. The zero-order chi connectivity index (χ0) is 25.0. The Labute approximate surface area is 213 Å². The Morgan fingerprint density at radius 2 is 1.97 bits per heavy atom. The van der Waals surface area contributed by atoms with Gasteiger partial charge in [0.1, 0.15) is 6.04 Å². The van der Waals surface area contributed by atoms with Gasteiger partial charge in [0, 0.05) is 31.0 Å². The average Bonchev–Trinajstić information content (AvgIpc) is 3.24. The first-order valence-corrected chi connectivity index (χ1v) is 14.2. The standard InChI is InChI=1S/C27H40N2O5S/c1-3-12-19(2)28-16-11-14-27-22(21-20(35-27)13-7-6-10-18-34-26(21)33)24(31)29(23(27)25(28)32)15-8-4-5-9-17-30/h7,11,13-14,19-23,30H,3-6,8-10,12,15-18H2,1-2H3/b13-7-/t19?,20-,21+,22+,23?,27+/m1/s1. The molecule has 35 heavy (non-hydrogen) atoms. The van der Waals surface area contributed by atoms with E-state index in [1.54, 1.807) is 16.7 Å². The van der Waals surface area contributed by atoms with Crippen LogP contribution < -0.4 is 0 Å². The van der Waals surface area contributed by atoms with Gasteiger partial charge in [-0.1, -0.05) is 50.5 Å². The molecule has 2 fully saturated rings. The number of amides is 2. The highest BCUT2D eigenvalue weighted by Crippen LogP contribution is 2.60. The number of esters is 1. The number of fused-ring (bicyclic) bond motifs is 2. The first kappa shape index (κ1) is 26.3. The van der Waals surface area contributed by atoms with Crippen molar-refractivity contribution in [1.29, 1.82) is 0 Å². The van der Waals surface area contributed by atoms with E-state index in [0.717, 1.165) is 51.4 Å². The van der Waals surface area contributed by atoms with Crippen LogP contribution in [0.4, 0.5) is 0 Å². The molecule has 6 atom stereocenters. The first-order chi connectivity index (χ1) is 17.0. The maximum absolute atomic E-state index is 14.2. The van der Waals surface area contributed by atoms with Crippen molar-refractivity contribution in [3.05, 3.63) is 24.3 Å². The molecule has 0 aromatic carbocycles. The van der Waals surface area contributed by atoms with Crippen molar-refractivity contribution in [2.24, 2.45) is 11.8 Å². The molecule has 2 unspecified atom stereocenters. The summed E-state index contributed by atoms with van der Waals surface area (Å²) in [6, 6.07) is -0.529. The van der Waals surface area contributed by atoms with Gasteiger partial charge < -0.3 is 19.6 Å². The van der Waals surface area contributed by atoms with Crippen LogP contribution in [0, 0.1) is 11.8 Å². The van der Waals surface area contributed by atoms with Crippen LogP contribution in [0.3, 0.4) is 0 Å². The molecule has 194 valence electrons. The lowest BCUT2D eigenvalue weighted by molar-refractivity contribution is -0.153. The molecule has 4 aliphatic rings. The first-order valence-electron chi connectivity index (χ1n) is 13.4. The summed E-state index contributed by atoms with van der Waals surface area (Å²) < 4.78 is 4.85. The third-order valence-electron chi connectivity index (χ3n) is 7.93. The summed E-state index contributed by atoms with van der Waals surface area (Å²) in [5.41, 5.74) is 0. The number of unbranched alkanes of at least 4 members (excludes halogenated alkanes) is 3. The van der Waals surface area contributed by atoms with Gasteiger partial charge >= 0.3 is 5.97 Å². The predicted molar refractivity (Wildman–Crippen MR) is 137 cm³/mol. The van der Waals surface area contributed by atoms with E-state index in [-0.39, 0.29) is 35.7 Å². The van der Waals surface area contributed by atoms with Gasteiger partial charge in [-0.25, -0.2) is 0 Å². The molecule has 0 aromatic rings. The highest BCUT2D eigenvalue weighted by atomic mass is 32.2. The summed E-state index contributed by atoms with van der Waals surface area (Å²) >= 11 is 1.61. The second-order valence-corrected chi connectivity index (χ2v) is 11.8. The molecule has 4 heterocycles. The monoisotopic (exact) mass is 504 g/mol. The molecule has 2 saturated heterocycles. The Balaban J connectivity index is 1.71. The molecule has 4 rings (SSSR count). The number of ether oxygens (including phenoxy) is 1. The quantitative estimate of drug-likeness (QED) is 0.295. The van der Waals surface area contributed by atoms with Gasteiger partial charge in [-0.15, -0.1) is 11.8 Å². The second-order valence-electron chi connectivity index (χ2n) is 10.3. The number of carbonyl (C=O) groups is 3. The second kappa shape index (κ2) is 11.5. The van der Waals surface area contributed by atoms with E-state index in [9.17, 15) is 14.4 Å². The molecule has 0 saturated carbocycles. The van der Waals surface area contributed by atoms with Crippen LogP contribution in [-0.4, -0.2) is 81.1 Å². The molecular formula is C27H40N2O5S. The molecular weight excluding hydrogens is 464 g/mol. The molecule has 0 bridgehead atoms. The maximum atomic E-state index is 14.2. The minimum absolute atomic E-state index is 0.00139. The van der Waals surface area contributed by atoms with E-state index in [1.165, 1.54) is 0 Å². The van der Waals surface area contributed by atoms with E-state index in [1.807, 2.05) is 11.0 Å². The molecule has 8 heteroatoms. The SMILES string of the molecule is CCCC(C)N1CC=C[C@]23S[C@@H]4/C=C\CCCOC(=O)[C@@H]4[C@H]2C(=O)N(CCCCCCO)C3C1=O. The van der Waals surface area contributed by atoms with Gasteiger partial charge in [-0.2, -0.15) is 0 Å². The number of carbonyl (C=O) groups excluding carboxylic acids is 3. The van der Waals surface area contributed by atoms with Crippen LogP contribution in [0.2, 0.25) is 0 Å². The molecule has 1 spiro atoms. The number of allylic oxidation sites excluding steroid dienone is 1. The summed E-state index contributed by atoms with van der Waals surface area (Å²) in [5.74, 6) is -1.59. The minimum atomic E-state index is -0.766. The van der Waals surface area contributed by atoms with Crippen LogP contribution in [-0.2, 0) is 19.1 Å². The Morgan fingerprint density at radius 1 is 1.17 bits per heavy atom. The highest BCUT2D eigenvalue weighted by Gasteiger charge is 2.70. The van der Waals surface area contributed by atoms with Crippen molar-refractivity contribution in [2.45, 2.75) is 87.3 Å². The van der Waals surface area contributed by atoms with Gasteiger partial charge in [0.05, 0.1) is 23.2 Å². The Morgan fingerprint density at radius 3 is 2.74 bits per heavy atom. The molecule has 0 aliphatic carbocycles. The predicted octanol–water partition coefficient (Wildman–Crippen LogP) is 3.32. The van der Waals surface area contributed by atoms with Gasteiger partial charge in [0.2, 0.25) is 11.8 Å². The molecule has 4 aliphatic heterocycles. The van der Waals surface area contributed by atoms with Crippen molar-refractivity contribution >= 4 is 29.5 Å². The Hall–Kier alpha value is -1.80. The fraction of sp³-hybridized carbons (Fsp3) is 0.741. The number of rotatable bonds is 9. The van der Waals surface area contributed by atoms with Crippen LogP contribution in [0.25, 0.3) is 0 Å². The summed E-state index contributed by atoms with van der Waals surface area (Å²) in [7, 11) is 0. The number of nitrogens with zero attached hydrogens (tertiary/aromatic N) is 2. The number of aliphatic hydroxyl groups is 1. The lowest BCUT2D eigenvalue weighted by Crippen LogP contribution is -2.55. The number of cyclic esters (lactones) is 1. The summed E-state index contributed by atoms with van der Waals surface area (Å²) in [4.78, 5) is 45.2. The van der Waals surface area contributed by atoms with Gasteiger partial charge in [-0.05, 0) is 39.0 Å². The lowest BCUT2D eigenvalue weighted by atomic mass is 9.78. The van der Waals surface area contributed by atoms with Crippen LogP contribution in [0.5, 0.6) is 0 Å². The Bertz CT molecular complexity index is 861. The van der Waals surface area contributed by atoms with E-state index in [4.69, 9.17) is 9.84 Å². The van der Waals surface area contributed by atoms with Crippen molar-refractivity contribution in [3.8, 4) is 0 Å². The van der Waals surface area contributed by atoms with Crippen molar-refractivity contribution in [3.63, 3.8) is 0 Å². The number of aliphatic hydroxyl groups excluding tert-OH is 1. The Kier molecular flexibility index (Phi) is 8.63. The molecule has 2 amide bonds. The minimum Gasteiger partial charge on any atom is -0.465 e. The zero-order valence-corrected chi connectivity index (χ0v) is 21.9. The highest BCUT2D eigenvalue weighted by molar-refractivity contribution is 8.02. The number of hydrogen-bond acceptors (Lipinski definition) is 6. The third kappa shape index (κ3) is 4.93. The van der Waals surface area contributed by atoms with Crippen LogP contribution >= 0.6 is 11.8 Å². The topological polar surface area (TPSA) is 87.2 Å². The normalized spacial score (nSPS) is 34.3. The number of hydrogen-bond donors (Lipinski definition) is 1. The van der Waals surface area contributed by atoms with Crippen molar-refractivity contribution in [2.75, 3.05) is 26.3 Å². The summed E-state index contributed by atoms with van der Waals surface area (Å²) in [5, 5.41) is 8.92. The van der Waals surface area contributed by atoms with E-state index < -0.39 is 22.6 Å². The van der Waals surface area contributed by atoms with E-state index in [0.29, 0.717) is 19.7 Å². The lowest BCUT2D eigenvalue weighted by Gasteiger charge is -2.37. The average molecular weight is 505 g/mol. The third-order valence-corrected chi connectivity index (χ3v) is 9.67. The van der Waals surface area contributed by atoms with Gasteiger partial charge in [-0.3, -0.25) is 14.4 Å². The molecule has 1 N–H and O–H groups in total. The summed E-state index contributed by atoms with van der Waals surface area (Å²) in [6.45, 7) is 5.75. The van der Waals surface area contributed by atoms with E-state index in [2.05, 4.69) is 32.1 Å². The van der Waals surface area contributed by atoms with Crippen LogP contribution in [0.1, 0.15) is 65.2 Å². The maximum Gasteiger partial charge on any atom is 0.311 e. The number of likely N-dealkylation sites (tertiary alicyclic amines) is 1. The number of thioether (sulfide) groups is 1. The smallest absolute Gasteiger partial charge is 0.311 e. The van der Waals surface area contributed by atoms with Crippen LogP contribution in [0.15, 0.2) is 24.3 Å². The molecule has 0 aromatic heterocycles. The van der Waals surface area contributed by atoms with Crippen molar-refractivity contribution in [1.82, 2.24) is 9.80 Å². The van der Waals surface area contributed by atoms with Crippen molar-refractivity contribution < 1.29 is 24.2 Å². The van der Waals surface area contributed by atoms with E-state index >= 15 is 0 Å². The van der Waals surface area contributed by atoms with Gasteiger partial charge in [0.25, 0.3) is 0 Å². The molecule has 7 nitrogen and oxygen atoms in total. The fourth-order valence-corrected chi connectivity index (χ4v) is 8.23. The fourth-order valence-electron chi connectivity index (χ4n) is 6.23. The largest absolute Gasteiger partial charge is 0.465 e.